The number of nitrogens with one attached hydrogen (secondary N) is 1. The Morgan fingerprint density at radius 3 is 2.63 bits per heavy atom. The van der Waals surface area contributed by atoms with Crippen molar-refractivity contribution in [2.75, 3.05) is 13.1 Å². The molecule has 142 valence electrons. The number of hydrogen-bond donors (Lipinski definition) is 1. The Morgan fingerprint density at radius 1 is 1.30 bits per heavy atom. The van der Waals surface area contributed by atoms with E-state index in [0.29, 0.717) is 4.88 Å². The topological polar surface area (TPSA) is 87.8 Å². The van der Waals surface area contributed by atoms with Crippen molar-refractivity contribution in [2.45, 2.75) is 19.4 Å². The van der Waals surface area contributed by atoms with Gasteiger partial charge in [0.05, 0.1) is 16.0 Å². The van der Waals surface area contributed by atoms with Gasteiger partial charge in [0.15, 0.2) is 0 Å². The SMILES string of the molecule is O=C(N/N=C\c1ccc([N+](=O)[O-])s1)C1CCN(Cc2ccc(Cl)cc2)CC1. The summed E-state index contributed by atoms with van der Waals surface area (Å²) in [5.41, 5.74) is 3.75. The summed E-state index contributed by atoms with van der Waals surface area (Å²) in [6, 6.07) is 10.8. The van der Waals surface area contributed by atoms with Crippen LogP contribution in [0, 0.1) is 16.0 Å². The van der Waals surface area contributed by atoms with Crippen LogP contribution in [0.1, 0.15) is 23.3 Å². The van der Waals surface area contributed by atoms with E-state index in [2.05, 4.69) is 15.4 Å². The second-order valence-corrected chi connectivity index (χ2v) is 7.87. The number of nitrogens with zero attached hydrogens (tertiary/aromatic N) is 3. The highest BCUT2D eigenvalue weighted by molar-refractivity contribution is 7.16. The lowest BCUT2D eigenvalue weighted by molar-refractivity contribution is -0.380. The molecule has 7 nitrogen and oxygen atoms in total. The number of thiophene rings is 1. The molecule has 0 bridgehead atoms. The van der Waals surface area contributed by atoms with Crippen LogP contribution in [0.5, 0.6) is 0 Å². The molecule has 27 heavy (non-hydrogen) atoms. The molecule has 1 aliphatic heterocycles. The molecule has 0 spiro atoms. The fourth-order valence-corrected chi connectivity index (χ4v) is 3.78. The van der Waals surface area contributed by atoms with Crippen molar-refractivity contribution in [3.63, 3.8) is 0 Å². The highest BCUT2D eigenvalue weighted by atomic mass is 35.5. The number of hydrogen-bond acceptors (Lipinski definition) is 6. The monoisotopic (exact) mass is 406 g/mol. The van der Waals surface area contributed by atoms with Crippen molar-refractivity contribution in [1.29, 1.82) is 0 Å². The molecule has 0 unspecified atom stereocenters. The number of likely N-dealkylation sites (tertiary alicyclic amines) is 1. The summed E-state index contributed by atoms with van der Waals surface area (Å²) >= 11 is 6.92. The molecule has 2 heterocycles. The zero-order valence-corrected chi connectivity index (χ0v) is 16.1. The standard InChI is InChI=1S/C18H19ClN4O3S/c19-15-3-1-13(2-4-15)12-22-9-7-14(8-10-22)18(24)21-20-11-16-5-6-17(27-16)23(25)26/h1-6,11,14H,7-10,12H2,(H,21,24)/b20-11-. The van der Waals surface area contributed by atoms with Gasteiger partial charge in [-0.15, -0.1) is 0 Å². The third kappa shape index (κ3) is 5.59. The van der Waals surface area contributed by atoms with Crippen LogP contribution < -0.4 is 5.43 Å². The Hall–Kier alpha value is -2.29. The minimum absolute atomic E-state index is 0.0517. The molecule has 1 amide bonds. The van der Waals surface area contributed by atoms with E-state index in [9.17, 15) is 14.9 Å². The van der Waals surface area contributed by atoms with Crippen LogP contribution in [-0.2, 0) is 11.3 Å². The molecule has 1 N–H and O–H groups in total. The molecule has 0 atom stereocenters. The van der Waals surface area contributed by atoms with E-state index in [1.807, 2.05) is 24.3 Å². The highest BCUT2D eigenvalue weighted by Gasteiger charge is 2.24. The number of nitro groups is 1. The van der Waals surface area contributed by atoms with Gasteiger partial charge in [0, 0.05) is 23.6 Å². The molecule has 0 radical (unpaired) electrons. The Bertz CT molecular complexity index is 829. The van der Waals surface area contributed by atoms with Crippen LogP contribution in [0.2, 0.25) is 5.02 Å². The summed E-state index contributed by atoms with van der Waals surface area (Å²) in [6.45, 7) is 2.55. The van der Waals surface area contributed by atoms with Crippen molar-refractivity contribution < 1.29 is 9.72 Å². The van der Waals surface area contributed by atoms with Crippen LogP contribution in [0.15, 0.2) is 41.5 Å². The molecular formula is C18H19ClN4O3S. The van der Waals surface area contributed by atoms with E-state index in [1.54, 1.807) is 6.07 Å². The van der Waals surface area contributed by atoms with Crippen molar-refractivity contribution in [1.82, 2.24) is 10.3 Å². The normalized spacial score (nSPS) is 15.9. The van der Waals surface area contributed by atoms with Crippen molar-refractivity contribution in [2.24, 2.45) is 11.0 Å². The Labute approximate surface area is 165 Å². The Kier molecular flexibility index (Phi) is 6.54. The number of carbonyl (C=O) groups excluding carboxylic acids is 1. The summed E-state index contributed by atoms with van der Waals surface area (Å²) in [7, 11) is 0. The van der Waals surface area contributed by atoms with Crippen molar-refractivity contribution in [3.8, 4) is 0 Å². The van der Waals surface area contributed by atoms with Crippen molar-refractivity contribution in [3.05, 3.63) is 62.0 Å². The lowest BCUT2D eigenvalue weighted by Crippen LogP contribution is -2.39. The first-order chi connectivity index (χ1) is 13.0. The smallest absolute Gasteiger partial charge is 0.299 e. The average molecular weight is 407 g/mol. The summed E-state index contributed by atoms with van der Waals surface area (Å²) in [4.78, 5) is 25.4. The van der Waals surface area contributed by atoms with Gasteiger partial charge in [-0.3, -0.25) is 19.8 Å². The molecule has 0 saturated carbocycles. The summed E-state index contributed by atoms with van der Waals surface area (Å²) in [5, 5.41) is 15.4. The average Bonchev–Trinajstić information content (AvgIpc) is 3.13. The number of halogens is 1. The fraction of sp³-hybridized carbons (Fsp3) is 0.333. The number of carbonyl (C=O) groups is 1. The lowest BCUT2D eigenvalue weighted by atomic mass is 9.96. The maximum Gasteiger partial charge on any atom is 0.324 e. The maximum atomic E-state index is 12.2. The summed E-state index contributed by atoms with van der Waals surface area (Å²) in [5.74, 6) is -0.176. The molecule has 0 aliphatic carbocycles. The van der Waals surface area contributed by atoms with Crippen LogP contribution >= 0.6 is 22.9 Å². The Balaban J connectivity index is 1.43. The number of amides is 1. The van der Waals surface area contributed by atoms with E-state index < -0.39 is 4.92 Å². The van der Waals surface area contributed by atoms with Gasteiger partial charge in [-0.05, 0) is 49.7 Å². The third-order valence-electron chi connectivity index (χ3n) is 4.44. The van der Waals surface area contributed by atoms with Gasteiger partial charge in [0.25, 0.3) is 0 Å². The summed E-state index contributed by atoms with van der Waals surface area (Å²) < 4.78 is 0. The van der Waals surface area contributed by atoms with Crippen molar-refractivity contribution >= 4 is 40.1 Å². The number of hydrazone groups is 1. The predicted molar refractivity (Wildman–Crippen MR) is 106 cm³/mol. The predicted octanol–water partition coefficient (Wildman–Crippen LogP) is 3.67. The van der Waals surface area contributed by atoms with E-state index >= 15 is 0 Å². The van der Waals surface area contributed by atoms with E-state index in [0.717, 1.165) is 48.8 Å². The van der Waals surface area contributed by atoms with Gasteiger partial charge in [0.1, 0.15) is 0 Å². The zero-order valence-electron chi connectivity index (χ0n) is 14.5. The van der Waals surface area contributed by atoms with Crippen LogP contribution in [0.25, 0.3) is 0 Å². The zero-order chi connectivity index (χ0) is 19.2. The second kappa shape index (κ2) is 9.07. The van der Waals surface area contributed by atoms with Crippen LogP contribution in [0.4, 0.5) is 5.00 Å². The second-order valence-electron chi connectivity index (χ2n) is 6.34. The first kappa shape index (κ1) is 19.5. The van der Waals surface area contributed by atoms with Gasteiger partial charge in [-0.25, -0.2) is 5.43 Å². The van der Waals surface area contributed by atoms with Crippen LogP contribution in [-0.4, -0.2) is 35.0 Å². The molecular weight excluding hydrogens is 388 g/mol. The van der Waals surface area contributed by atoms with Gasteiger partial charge >= 0.3 is 5.00 Å². The highest BCUT2D eigenvalue weighted by Crippen LogP contribution is 2.22. The first-order valence-corrected chi connectivity index (χ1v) is 9.74. The number of rotatable bonds is 6. The number of piperidine rings is 1. The largest absolute Gasteiger partial charge is 0.324 e. The number of benzene rings is 1. The van der Waals surface area contributed by atoms with Gasteiger partial charge in [0.2, 0.25) is 5.91 Å². The van der Waals surface area contributed by atoms with Crippen LogP contribution in [0.3, 0.4) is 0 Å². The van der Waals surface area contributed by atoms with E-state index in [1.165, 1.54) is 17.8 Å². The Morgan fingerprint density at radius 2 is 2.00 bits per heavy atom. The third-order valence-corrected chi connectivity index (χ3v) is 5.66. The molecule has 1 fully saturated rings. The minimum Gasteiger partial charge on any atom is -0.299 e. The first-order valence-electron chi connectivity index (χ1n) is 8.55. The molecule has 1 aliphatic rings. The molecule has 9 heteroatoms. The molecule has 1 saturated heterocycles. The van der Waals surface area contributed by atoms with Gasteiger partial charge in [-0.1, -0.05) is 35.1 Å². The molecule has 1 aromatic carbocycles. The molecule has 2 aromatic rings. The molecule has 3 rings (SSSR count). The quantitative estimate of drug-likeness (QED) is 0.450. The van der Waals surface area contributed by atoms with Gasteiger partial charge < -0.3 is 0 Å². The molecule has 1 aromatic heterocycles. The lowest BCUT2D eigenvalue weighted by Gasteiger charge is -2.30. The maximum absolute atomic E-state index is 12.2. The van der Waals surface area contributed by atoms with E-state index in [-0.39, 0.29) is 16.8 Å². The minimum atomic E-state index is -0.446. The van der Waals surface area contributed by atoms with Gasteiger partial charge in [-0.2, -0.15) is 5.10 Å². The van der Waals surface area contributed by atoms with E-state index in [4.69, 9.17) is 11.6 Å². The fourth-order valence-electron chi connectivity index (χ4n) is 2.96. The summed E-state index contributed by atoms with van der Waals surface area (Å²) in [6.07, 6.45) is 2.99.